The van der Waals surface area contributed by atoms with Crippen LogP contribution in [-0.4, -0.2) is 91.7 Å². The van der Waals surface area contributed by atoms with Gasteiger partial charge in [-0.3, -0.25) is 0 Å². The van der Waals surface area contributed by atoms with Crippen molar-refractivity contribution >= 4 is 24.7 Å². The molecule has 46 heavy (non-hydrogen) atoms. The van der Waals surface area contributed by atoms with Crippen molar-refractivity contribution in [1.29, 1.82) is 0 Å². The zero-order valence-electron chi connectivity index (χ0n) is 31.7. The van der Waals surface area contributed by atoms with Crippen molar-refractivity contribution in [3.63, 3.8) is 0 Å². The van der Waals surface area contributed by atoms with Crippen LogP contribution in [-0.2, 0) is 0 Å². The molecule has 0 aliphatic carbocycles. The fourth-order valence-corrected chi connectivity index (χ4v) is 2.63. The zero-order chi connectivity index (χ0) is 34.7. The third-order valence-corrected chi connectivity index (χ3v) is 6.75. The summed E-state index contributed by atoms with van der Waals surface area (Å²) >= 11 is 0. The van der Waals surface area contributed by atoms with Gasteiger partial charge in [-0.1, -0.05) is 73.8 Å². The maximum atomic E-state index is 11.2. The monoisotopic (exact) mass is 680 g/mol. The largest absolute Gasteiger partial charge is 1.00 e. The third kappa shape index (κ3) is 32.8. The number of benzene rings is 2. The Morgan fingerprint density at radius 3 is 1.46 bits per heavy atom. The maximum Gasteiger partial charge on any atom is 1.00 e. The Bertz CT molecular complexity index is 934. The standard InChI is InChI=1S/C13H20NOP.C10H13NO.2C4H11NO.C3H9P.Li.H2O.H/c1-11(2)14(15)13(9-6-10-16)12-7-4-3-5-8-12;1-9(2)11(12)8-10-6-4-3-5-7-10;2*1-4(2)5(3)6;1-2-3-4;;;/h3-8,10-11,13,15H,9,16H2,1-2H3;3-9H,1-2H3;2*4,6H,1-3H3;2-4H2,1H3;;1H2;/q;;;;;+1;;-1/b10-6+;11-8+;;;;;;. The molecular weight excluding hydrogens is 613 g/mol. The smallest absolute Gasteiger partial charge is 1.00 e. The molecule has 0 bridgehead atoms. The second-order valence-corrected chi connectivity index (χ2v) is 12.1. The van der Waals surface area contributed by atoms with E-state index in [2.05, 4.69) is 25.4 Å². The predicted octanol–water partition coefficient (Wildman–Crippen LogP) is 4.63. The van der Waals surface area contributed by atoms with Crippen LogP contribution >= 0.6 is 18.5 Å². The molecule has 0 saturated carbocycles. The Kier molecular flexibility index (Phi) is 41.5. The number of hydrogen-bond donors (Lipinski definition) is 3. The molecule has 5 N–H and O–H groups in total. The third-order valence-electron chi connectivity index (χ3n) is 5.90. The molecule has 0 radical (unpaired) electrons. The van der Waals surface area contributed by atoms with Crippen molar-refractivity contribution in [2.45, 2.75) is 105 Å². The Labute approximate surface area is 299 Å². The first kappa shape index (κ1) is 54.3. The van der Waals surface area contributed by atoms with E-state index in [0.717, 1.165) is 22.3 Å². The average molecular weight is 681 g/mol. The Morgan fingerprint density at radius 1 is 0.804 bits per heavy atom. The molecule has 9 nitrogen and oxygen atoms in total. The van der Waals surface area contributed by atoms with Crippen molar-refractivity contribution in [2.75, 3.05) is 20.3 Å². The molecule has 3 atom stereocenters. The molecule has 2 aromatic carbocycles. The molecule has 2 aromatic rings. The van der Waals surface area contributed by atoms with Gasteiger partial charge in [0.2, 0.25) is 0 Å². The minimum Gasteiger partial charge on any atom is -1.00 e. The van der Waals surface area contributed by atoms with Crippen LogP contribution in [0.1, 0.15) is 93.8 Å². The summed E-state index contributed by atoms with van der Waals surface area (Å²) in [4.78, 5) is 0. The first-order valence-corrected chi connectivity index (χ1v) is 16.8. The van der Waals surface area contributed by atoms with E-state index in [1.54, 1.807) is 20.3 Å². The second kappa shape index (κ2) is 35.1. The summed E-state index contributed by atoms with van der Waals surface area (Å²) in [7, 11) is 8.47. The van der Waals surface area contributed by atoms with E-state index in [-0.39, 0.29) is 56.0 Å². The topological polar surface area (TPSA) is 128 Å². The van der Waals surface area contributed by atoms with Crippen molar-refractivity contribution in [3.8, 4) is 0 Å². The number of rotatable bonds is 10. The SMILES string of the molecule is CC(C)/[N+]([O-])=C\c1ccccc1.CC(C)N(C)O.CC(C)N(C)O.CC(C)N(O)C(C/C=C/P)c1ccccc1.CCCP.O.[H-].[Li+]. The normalized spacial score (nSPS) is 11.5. The molecular formula is C34H67LiN4O5P2. The summed E-state index contributed by atoms with van der Waals surface area (Å²) in [5, 5.41) is 41.9. The van der Waals surface area contributed by atoms with Gasteiger partial charge in [-0.2, -0.15) is 15.2 Å². The number of hydrogen-bond acceptors (Lipinski definition) is 7. The zero-order valence-corrected chi connectivity index (χ0v) is 33.0. The van der Waals surface area contributed by atoms with E-state index < -0.39 is 0 Å². The van der Waals surface area contributed by atoms with Crippen LogP contribution in [0.4, 0.5) is 0 Å². The van der Waals surface area contributed by atoms with Gasteiger partial charge in [-0.25, -0.2) is 4.74 Å². The van der Waals surface area contributed by atoms with Gasteiger partial charge in [0.15, 0.2) is 12.3 Å². The summed E-state index contributed by atoms with van der Waals surface area (Å²) in [6.07, 6.45) is 6.98. The molecule has 3 unspecified atom stereocenters. The van der Waals surface area contributed by atoms with Crippen molar-refractivity contribution < 1.29 is 46.1 Å². The molecule has 0 aliphatic heterocycles. The quantitative estimate of drug-likeness (QED) is 0.0835. The molecule has 0 fully saturated rings. The van der Waals surface area contributed by atoms with Crippen LogP contribution in [0.15, 0.2) is 72.6 Å². The minimum absolute atomic E-state index is 0. The van der Waals surface area contributed by atoms with Gasteiger partial charge in [-0.05, 0) is 85.7 Å². The van der Waals surface area contributed by atoms with Gasteiger partial charge in [0.05, 0.1) is 6.04 Å². The first-order chi connectivity index (χ1) is 20.6. The van der Waals surface area contributed by atoms with E-state index in [4.69, 9.17) is 10.4 Å². The summed E-state index contributed by atoms with van der Waals surface area (Å²) < 4.78 is 0.954. The number of nitrogens with zero attached hydrogens (tertiary/aromatic N) is 4. The van der Waals surface area contributed by atoms with E-state index in [0.29, 0.717) is 0 Å². The van der Waals surface area contributed by atoms with E-state index in [1.165, 1.54) is 27.8 Å². The predicted molar refractivity (Wildman–Crippen MR) is 201 cm³/mol. The summed E-state index contributed by atoms with van der Waals surface area (Å²) in [6.45, 7) is 17.5. The summed E-state index contributed by atoms with van der Waals surface area (Å²) in [5.74, 6) is 1.93. The minimum atomic E-state index is 0. The van der Waals surface area contributed by atoms with Gasteiger partial charge in [0, 0.05) is 37.8 Å². The molecule has 0 aromatic heterocycles. The number of hydroxylamine groups is 7. The molecule has 0 spiro atoms. The Hall–Kier alpha value is -1.17. The van der Waals surface area contributed by atoms with Gasteiger partial charge >= 0.3 is 18.9 Å². The van der Waals surface area contributed by atoms with E-state index in [1.807, 2.05) is 128 Å². The van der Waals surface area contributed by atoms with E-state index >= 15 is 0 Å². The van der Waals surface area contributed by atoms with E-state index in [9.17, 15) is 10.4 Å². The van der Waals surface area contributed by atoms with Crippen LogP contribution in [0.25, 0.3) is 0 Å². The van der Waals surface area contributed by atoms with Crippen LogP contribution in [0.3, 0.4) is 0 Å². The van der Waals surface area contributed by atoms with Crippen LogP contribution in [0.2, 0.25) is 0 Å². The Balaban J connectivity index is -0.000000120. The van der Waals surface area contributed by atoms with Crippen molar-refractivity contribution in [1.82, 2.24) is 15.2 Å². The first-order valence-electron chi connectivity index (χ1n) is 15.3. The molecule has 0 amide bonds. The van der Waals surface area contributed by atoms with Crippen molar-refractivity contribution in [3.05, 3.63) is 88.9 Å². The van der Waals surface area contributed by atoms with Gasteiger partial charge < -0.3 is 27.7 Å². The van der Waals surface area contributed by atoms with Crippen molar-refractivity contribution in [2.24, 2.45) is 0 Å². The van der Waals surface area contributed by atoms with Crippen LogP contribution in [0.5, 0.6) is 0 Å². The molecule has 0 heterocycles. The van der Waals surface area contributed by atoms with Gasteiger partial charge in [0.25, 0.3) is 0 Å². The fraction of sp³-hybridized carbons (Fsp3) is 0.559. The van der Waals surface area contributed by atoms with Crippen LogP contribution < -0.4 is 18.9 Å². The maximum absolute atomic E-state index is 11.2. The fourth-order valence-electron chi connectivity index (χ4n) is 2.47. The van der Waals surface area contributed by atoms with Crippen LogP contribution in [0, 0.1) is 5.21 Å². The average Bonchev–Trinajstić information content (AvgIpc) is 2.99. The second-order valence-electron chi connectivity index (χ2n) is 11.2. The Morgan fingerprint density at radius 2 is 1.17 bits per heavy atom. The summed E-state index contributed by atoms with van der Waals surface area (Å²) in [6, 6.07) is 20.3. The molecule has 2 rings (SSSR count). The van der Waals surface area contributed by atoms with Gasteiger partial charge in [0.1, 0.15) is 0 Å². The molecule has 12 heteroatoms. The van der Waals surface area contributed by atoms with Gasteiger partial charge in [-0.15, -0.1) is 18.5 Å². The molecule has 0 aliphatic rings. The molecule has 264 valence electrons. The summed E-state index contributed by atoms with van der Waals surface area (Å²) in [5.41, 5.74) is 2.09. The molecule has 0 saturated heterocycles.